The molecule has 1 aromatic heterocycles. The molecule has 2 rings (SSSR count). The third kappa shape index (κ3) is 2.18. The van der Waals surface area contributed by atoms with Gasteiger partial charge in [0.15, 0.2) is 0 Å². The number of likely N-dealkylation sites (tertiary alicyclic amines) is 1. The first kappa shape index (κ1) is 10.2. The molecule has 0 bridgehead atoms. The fraction of sp³-hybridized carbons (Fsp3) is 0.667. The number of hydrogen-bond donors (Lipinski definition) is 0. The Balaban J connectivity index is 2.06. The lowest BCUT2D eigenvalue weighted by Gasteiger charge is -2.34. The van der Waals surface area contributed by atoms with Crippen molar-refractivity contribution in [3.05, 3.63) is 22.4 Å². The first-order valence-corrected chi connectivity index (χ1v) is 6.57. The minimum atomic E-state index is 0.726. The summed E-state index contributed by atoms with van der Waals surface area (Å²) in [6, 6.07) is 5.20. The van der Waals surface area contributed by atoms with E-state index in [4.69, 9.17) is 0 Å². The van der Waals surface area contributed by atoms with E-state index in [0.29, 0.717) is 0 Å². The maximum absolute atomic E-state index is 2.66. The molecule has 0 saturated carbocycles. The van der Waals surface area contributed by atoms with Crippen LogP contribution in [0.5, 0.6) is 0 Å². The third-order valence-corrected chi connectivity index (χ3v) is 3.97. The number of piperidine rings is 1. The standard InChI is InChI=1S/C12H19NS/c1-2-8-13-9-4-3-6-11(13)12-7-5-10-14-12/h5,7,10-11H,2-4,6,8-9H2,1H3/t11-/m1/s1. The molecule has 0 aromatic carbocycles. The number of hydrogen-bond acceptors (Lipinski definition) is 2. The molecular weight excluding hydrogens is 190 g/mol. The van der Waals surface area contributed by atoms with Gasteiger partial charge in [-0.25, -0.2) is 0 Å². The highest BCUT2D eigenvalue weighted by Gasteiger charge is 2.23. The summed E-state index contributed by atoms with van der Waals surface area (Å²) in [5.41, 5.74) is 0. The minimum absolute atomic E-state index is 0.726. The molecule has 1 aliphatic rings. The van der Waals surface area contributed by atoms with E-state index in [1.807, 2.05) is 11.3 Å². The molecule has 0 spiro atoms. The van der Waals surface area contributed by atoms with Crippen molar-refractivity contribution in [1.82, 2.24) is 4.90 Å². The quantitative estimate of drug-likeness (QED) is 0.734. The van der Waals surface area contributed by atoms with Gasteiger partial charge >= 0.3 is 0 Å². The number of rotatable bonds is 3. The van der Waals surface area contributed by atoms with Crippen molar-refractivity contribution in [2.45, 2.75) is 38.6 Å². The lowest BCUT2D eigenvalue weighted by atomic mass is 10.0. The van der Waals surface area contributed by atoms with Crippen LogP contribution < -0.4 is 0 Å². The van der Waals surface area contributed by atoms with Gasteiger partial charge in [0.25, 0.3) is 0 Å². The lowest BCUT2D eigenvalue weighted by molar-refractivity contribution is 0.151. The van der Waals surface area contributed by atoms with Gasteiger partial charge in [-0.15, -0.1) is 11.3 Å². The van der Waals surface area contributed by atoms with E-state index >= 15 is 0 Å². The Morgan fingerprint density at radius 3 is 3.14 bits per heavy atom. The highest BCUT2D eigenvalue weighted by atomic mass is 32.1. The Morgan fingerprint density at radius 2 is 2.43 bits per heavy atom. The predicted molar refractivity (Wildman–Crippen MR) is 62.8 cm³/mol. The zero-order chi connectivity index (χ0) is 9.80. The van der Waals surface area contributed by atoms with E-state index in [9.17, 15) is 0 Å². The van der Waals surface area contributed by atoms with Crippen molar-refractivity contribution < 1.29 is 0 Å². The fourth-order valence-electron chi connectivity index (χ4n) is 2.35. The zero-order valence-electron chi connectivity index (χ0n) is 8.91. The predicted octanol–water partition coefficient (Wildman–Crippen LogP) is 3.69. The SMILES string of the molecule is CCCN1CCCC[C@@H]1c1cccs1. The summed E-state index contributed by atoms with van der Waals surface area (Å²) in [6.07, 6.45) is 5.44. The molecule has 0 amide bonds. The topological polar surface area (TPSA) is 3.24 Å². The molecule has 14 heavy (non-hydrogen) atoms. The van der Waals surface area contributed by atoms with Crippen molar-refractivity contribution in [3.8, 4) is 0 Å². The van der Waals surface area contributed by atoms with E-state index < -0.39 is 0 Å². The number of nitrogens with zero attached hydrogens (tertiary/aromatic N) is 1. The molecule has 0 aliphatic carbocycles. The highest BCUT2D eigenvalue weighted by molar-refractivity contribution is 7.10. The van der Waals surface area contributed by atoms with Gasteiger partial charge in [-0.3, -0.25) is 4.90 Å². The largest absolute Gasteiger partial charge is 0.296 e. The van der Waals surface area contributed by atoms with E-state index in [1.54, 1.807) is 4.88 Å². The second-order valence-electron chi connectivity index (χ2n) is 4.06. The Bertz CT molecular complexity index is 253. The van der Waals surface area contributed by atoms with Crippen LogP contribution >= 0.6 is 11.3 Å². The first-order valence-electron chi connectivity index (χ1n) is 5.69. The summed E-state index contributed by atoms with van der Waals surface area (Å²) in [5, 5.41) is 2.20. The average molecular weight is 209 g/mol. The maximum Gasteiger partial charge on any atom is 0.0441 e. The summed E-state index contributed by atoms with van der Waals surface area (Å²) < 4.78 is 0. The van der Waals surface area contributed by atoms with Crippen LogP contribution in [0.25, 0.3) is 0 Å². The minimum Gasteiger partial charge on any atom is -0.296 e. The van der Waals surface area contributed by atoms with Crippen LogP contribution in [0.1, 0.15) is 43.5 Å². The van der Waals surface area contributed by atoms with E-state index in [1.165, 1.54) is 38.8 Å². The Morgan fingerprint density at radius 1 is 1.50 bits per heavy atom. The number of thiophene rings is 1. The van der Waals surface area contributed by atoms with Crippen LogP contribution in [-0.4, -0.2) is 18.0 Å². The van der Waals surface area contributed by atoms with Crippen molar-refractivity contribution in [1.29, 1.82) is 0 Å². The van der Waals surface area contributed by atoms with Gasteiger partial charge in [0.05, 0.1) is 0 Å². The van der Waals surface area contributed by atoms with Gasteiger partial charge < -0.3 is 0 Å². The molecule has 0 unspecified atom stereocenters. The molecule has 1 saturated heterocycles. The monoisotopic (exact) mass is 209 g/mol. The fourth-order valence-corrected chi connectivity index (χ4v) is 3.24. The molecule has 0 radical (unpaired) electrons. The van der Waals surface area contributed by atoms with Crippen molar-refractivity contribution >= 4 is 11.3 Å². The molecule has 1 fully saturated rings. The van der Waals surface area contributed by atoms with Gasteiger partial charge in [-0.1, -0.05) is 19.4 Å². The van der Waals surface area contributed by atoms with Gasteiger partial charge in [-0.2, -0.15) is 0 Å². The zero-order valence-corrected chi connectivity index (χ0v) is 9.72. The van der Waals surface area contributed by atoms with Gasteiger partial charge in [-0.05, 0) is 43.8 Å². The Hall–Kier alpha value is -0.340. The van der Waals surface area contributed by atoms with Crippen LogP contribution in [0, 0.1) is 0 Å². The van der Waals surface area contributed by atoms with Crippen molar-refractivity contribution in [2.24, 2.45) is 0 Å². The van der Waals surface area contributed by atoms with E-state index in [-0.39, 0.29) is 0 Å². The lowest BCUT2D eigenvalue weighted by Crippen LogP contribution is -2.33. The van der Waals surface area contributed by atoms with Crippen molar-refractivity contribution in [2.75, 3.05) is 13.1 Å². The summed E-state index contributed by atoms with van der Waals surface area (Å²) in [5.74, 6) is 0. The second kappa shape index (κ2) is 4.94. The molecule has 1 nitrogen and oxygen atoms in total. The second-order valence-corrected chi connectivity index (χ2v) is 5.04. The Labute approximate surface area is 90.7 Å². The first-order chi connectivity index (χ1) is 6.92. The smallest absolute Gasteiger partial charge is 0.0441 e. The molecule has 1 aliphatic heterocycles. The molecule has 78 valence electrons. The molecule has 1 atom stereocenters. The summed E-state index contributed by atoms with van der Waals surface area (Å²) >= 11 is 1.92. The van der Waals surface area contributed by atoms with Crippen LogP contribution in [-0.2, 0) is 0 Å². The van der Waals surface area contributed by atoms with E-state index in [0.717, 1.165) is 6.04 Å². The molecule has 0 N–H and O–H groups in total. The van der Waals surface area contributed by atoms with Gasteiger partial charge in [0.2, 0.25) is 0 Å². The third-order valence-electron chi connectivity index (χ3n) is 3.00. The molecule has 1 aromatic rings. The van der Waals surface area contributed by atoms with Gasteiger partial charge in [0, 0.05) is 10.9 Å². The summed E-state index contributed by atoms with van der Waals surface area (Å²) in [7, 11) is 0. The van der Waals surface area contributed by atoms with Crippen LogP contribution in [0.3, 0.4) is 0 Å². The molecule has 2 heterocycles. The normalized spacial score (nSPS) is 23.9. The summed E-state index contributed by atoms with van der Waals surface area (Å²) in [6.45, 7) is 4.85. The van der Waals surface area contributed by atoms with Crippen LogP contribution in [0.2, 0.25) is 0 Å². The average Bonchev–Trinajstić information content (AvgIpc) is 2.72. The van der Waals surface area contributed by atoms with Gasteiger partial charge in [0.1, 0.15) is 0 Å². The van der Waals surface area contributed by atoms with Crippen LogP contribution in [0.15, 0.2) is 17.5 Å². The highest BCUT2D eigenvalue weighted by Crippen LogP contribution is 2.33. The summed E-state index contributed by atoms with van der Waals surface area (Å²) in [4.78, 5) is 4.23. The molecule has 2 heteroatoms. The molecular formula is C12H19NS. The Kier molecular flexibility index (Phi) is 3.60. The van der Waals surface area contributed by atoms with Crippen LogP contribution in [0.4, 0.5) is 0 Å². The maximum atomic E-state index is 2.66. The van der Waals surface area contributed by atoms with Crippen molar-refractivity contribution in [3.63, 3.8) is 0 Å². The van der Waals surface area contributed by atoms with E-state index in [2.05, 4.69) is 29.3 Å².